The lowest BCUT2D eigenvalue weighted by molar-refractivity contribution is -0.138. The molecule has 0 saturated carbocycles. The van der Waals surface area contributed by atoms with Crippen LogP contribution in [0.15, 0.2) is 66.7 Å². The number of benzene rings is 3. The lowest BCUT2D eigenvalue weighted by Gasteiger charge is -2.13. The maximum atomic E-state index is 13.3. The Hall–Kier alpha value is -4.58. The Labute approximate surface area is 222 Å². The molecule has 0 aliphatic rings. The van der Waals surface area contributed by atoms with Crippen LogP contribution in [0.2, 0.25) is 0 Å². The molecule has 4 rings (SSSR count). The van der Waals surface area contributed by atoms with Gasteiger partial charge in [0.25, 0.3) is 5.91 Å². The number of rotatable bonds is 10. The monoisotopic (exact) mass is 542 g/mol. The van der Waals surface area contributed by atoms with Crippen molar-refractivity contribution in [3.8, 4) is 34.6 Å². The van der Waals surface area contributed by atoms with Crippen molar-refractivity contribution in [3.05, 3.63) is 77.9 Å². The smallest absolute Gasteiger partial charge is 0.419 e. The Balaban J connectivity index is 1.58. The topological polar surface area (TPSA) is 96.7 Å². The van der Waals surface area contributed by atoms with E-state index in [-0.39, 0.29) is 23.9 Å². The van der Waals surface area contributed by atoms with E-state index in [1.165, 1.54) is 6.07 Å². The van der Waals surface area contributed by atoms with E-state index in [4.69, 9.17) is 18.9 Å². The summed E-state index contributed by atoms with van der Waals surface area (Å²) in [7, 11) is 4.27. The second kappa shape index (κ2) is 11.9. The lowest BCUT2D eigenvalue weighted by atomic mass is 10.1. The number of amides is 1. The molecule has 0 aliphatic heterocycles. The van der Waals surface area contributed by atoms with Crippen molar-refractivity contribution in [1.29, 1.82) is 0 Å². The third-order valence-corrected chi connectivity index (χ3v) is 5.59. The summed E-state index contributed by atoms with van der Waals surface area (Å²) in [5.41, 5.74) is 0.534. The molecule has 0 saturated heterocycles. The first kappa shape index (κ1) is 27.5. The summed E-state index contributed by atoms with van der Waals surface area (Å²) in [6, 6.07) is 17.1. The average Bonchev–Trinajstić information content (AvgIpc) is 3.37. The largest absolute Gasteiger partial charge is 0.497 e. The average molecular weight is 543 g/mol. The third kappa shape index (κ3) is 6.47. The van der Waals surface area contributed by atoms with Crippen molar-refractivity contribution < 1.29 is 36.9 Å². The molecule has 1 N–H and O–H groups in total. The van der Waals surface area contributed by atoms with E-state index in [0.717, 1.165) is 24.8 Å². The summed E-state index contributed by atoms with van der Waals surface area (Å²) >= 11 is 0. The zero-order valence-corrected chi connectivity index (χ0v) is 21.3. The highest BCUT2D eigenvalue weighted by atomic mass is 19.4. The number of anilines is 1. The molecular formula is C27H25F3N4O5. The second-order valence-electron chi connectivity index (χ2n) is 8.11. The standard InChI is InChI=1S/C27H25F3N4O5/c1-36-14-15-39-26-32-24(17-4-11-21(37-2)12-5-17)34(33-26)20-9-7-19(8-10-20)31-25(35)18-6-13-23(38-3)22(16-18)27(28,29)30/h4-13,16H,14-15H2,1-3H3,(H,31,35). The molecule has 1 amide bonds. The molecule has 0 spiro atoms. The first-order valence-corrected chi connectivity index (χ1v) is 11.6. The summed E-state index contributed by atoms with van der Waals surface area (Å²) in [4.78, 5) is 17.2. The van der Waals surface area contributed by atoms with Gasteiger partial charge in [-0.2, -0.15) is 18.2 Å². The lowest BCUT2D eigenvalue weighted by Crippen LogP contribution is -2.15. The van der Waals surface area contributed by atoms with Gasteiger partial charge in [0.05, 0.1) is 32.1 Å². The van der Waals surface area contributed by atoms with E-state index < -0.39 is 17.6 Å². The molecule has 12 heteroatoms. The van der Waals surface area contributed by atoms with Crippen LogP contribution < -0.4 is 19.5 Å². The number of alkyl halides is 3. The molecule has 0 atom stereocenters. The van der Waals surface area contributed by atoms with E-state index in [9.17, 15) is 18.0 Å². The van der Waals surface area contributed by atoms with Crippen LogP contribution in [0, 0.1) is 0 Å². The quantitative estimate of drug-likeness (QED) is 0.274. The van der Waals surface area contributed by atoms with E-state index in [1.54, 1.807) is 55.3 Å². The van der Waals surface area contributed by atoms with Crippen LogP contribution in [0.4, 0.5) is 18.9 Å². The first-order chi connectivity index (χ1) is 18.7. The number of ether oxygens (including phenoxy) is 4. The van der Waals surface area contributed by atoms with E-state index >= 15 is 0 Å². The van der Waals surface area contributed by atoms with Gasteiger partial charge in [0.15, 0.2) is 5.82 Å². The van der Waals surface area contributed by atoms with Crippen molar-refractivity contribution in [1.82, 2.24) is 14.8 Å². The molecule has 1 aromatic heterocycles. The molecule has 3 aromatic carbocycles. The van der Waals surface area contributed by atoms with Gasteiger partial charge in [-0.05, 0) is 66.7 Å². The number of carbonyl (C=O) groups excluding carboxylic acids is 1. The van der Waals surface area contributed by atoms with Gasteiger partial charge in [-0.15, -0.1) is 5.10 Å². The Morgan fingerprint density at radius 1 is 0.923 bits per heavy atom. The van der Waals surface area contributed by atoms with E-state index in [0.29, 0.717) is 29.6 Å². The predicted molar refractivity (Wildman–Crippen MR) is 137 cm³/mol. The number of hydrogen-bond acceptors (Lipinski definition) is 7. The second-order valence-corrected chi connectivity index (χ2v) is 8.11. The molecule has 0 fully saturated rings. The SMILES string of the molecule is COCCOc1nc(-c2ccc(OC)cc2)n(-c2ccc(NC(=O)c3ccc(OC)c(C(F)(F)F)c3)cc2)n1. The Kier molecular flexibility index (Phi) is 8.35. The highest BCUT2D eigenvalue weighted by Gasteiger charge is 2.35. The van der Waals surface area contributed by atoms with Gasteiger partial charge >= 0.3 is 12.2 Å². The molecule has 0 unspecified atom stereocenters. The van der Waals surface area contributed by atoms with Gasteiger partial charge in [-0.1, -0.05) is 0 Å². The maximum absolute atomic E-state index is 13.3. The number of hydrogen-bond donors (Lipinski definition) is 1. The molecule has 39 heavy (non-hydrogen) atoms. The van der Waals surface area contributed by atoms with Crippen LogP contribution in [-0.4, -0.2) is 55.2 Å². The van der Waals surface area contributed by atoms with E-state index in [2.05, 4.69) is 15.4 Å². The van der Waals surface area contributed by atoms with Gasteiger partial charge in [0, 0.05) is 23.9 Å². The van der Waals surface area contributed by atoms with Crippen LogP contribution in [-0.2, 0) is 10.9 Å². The number of nitrogens with zero attached hydrogens (tertiary/aromatic N) is 3. The molecule has 0 aliphatic carbocycles. The molecular weight excluding hydrogens is 517 g/mol. The number of halogens is 3. The summed E-state index contributed by atoms with van der Waals surface area (Å²) in [6.07, 6.45) is -4.67. The molecule has 9 nitrogen and oxygen atoms in total. The summed E-state index contributed by atoms with van der Waals surface area (Å²) in [5, 5.41) is 7.06. The third-order valence-electron chi connectivity index (χ3n) is 5.59. The molecule has 204 valence electrons. The summed E-state index contributed by atoms with van der Waals surface area (Å²) < 4.78 is 62.2. The number of nitrogens with one attached hydrogen (secondary N) is 1. The van der Waals surface area contributed by atoms with Gasteiger partial charge in [-0.25, -0.2) is 4.68 Å². The summed E-state index contributed by atoms with van der Waals surface area (Å²) in [5.74, 6) is 0.110. The number of aromatic nitrogens is 3. The highest BCUT2D eigenvalue weighted by Crippen LogP contribution is 2.37. The fraction of sp³-hybridized carbons (Fsp3) is 0.222. The van der Waals surface area contributed by atoms with E-state index in [1.807, 2.05) is 12.1 Å². The Morgan fingerprint density at radius 2 is 1.64 bits per heavy atom. The van der Waals surface area contributed by atoms with Crippen LogP contribution in [0.1, 0.15) is 15.9 Å². The van der Waals surface area contributed by atoms with Crippen molar-refractivity contribution in [2.45, 2.75) is 6.18 Å². The maximum Gasteiger partial charge on any atom is 0.419 e. The van der Waals surface area contributed by atoms with Crippen LogP contribution in [0.3, 0.4) is 0 Å². The normalized spacial score (nSPS) is 11.2. The van der Waals surface area contributed by atoms with Gasteiger partial charge in [-0.3, -0.25) is 4.79 Å². The molecule has 0 radical (unpaired) electrons. The zero-order valence-electron chi connectivity index (χ0n) is 21.3. The van der Waals surface area contributed by atoms with Crippen molar-refractivity contribution in [2.24, 2.45) is 0 Å². The minimum absolute atomic E-state index is 0.148. The zero-order chi connectivity index (χ0) is 28.0. The molecule has 0 bridgehead atoms. The van der Waals surface area contributed by atoms with Crippen molar-refractivity contribution in [3.63, 3.8) is 0 Å². The highest BCUT2D eigenvalue weighted by molar-refractivity contribution is 6.04. The minimum atomic E-state index is -4.67. The van der Waals surface area contributed by atoms with Gasteiger partial charge in [0.2, 0.25) is 0 Å². The van der Waals surface area contributed by atoms with Crippen LogP contribution in [0.25, 0.3) is 17.1 Å². The number of carbonyl (C=O) groups is 1. The van der Waals surface area contributed by atoms with Crippen LogP contribution >= 0.6 is 0 Å². The van der Waals surface area contributed by atoms with Gasteiger partial charge in [0.1, 0.15) is 18.1 Å². The minimum Gasteiger partial charge on any atom is -0.497 e. The first-order valence-electron chi connectivity index (χ1n) is 11.6. The molecule has 4 aromatic rings. The number of methoxy groups -OCH3 is 3. The summed E-state index contributed by atoms with van der Waals surface area (Å²) in [6.45, 7) is 0.619. The molecule has 1 heterocycles. The Bertz CT molecular complexity index is 1420. The Morgan fingerprint density at radius 3 is 2.26 bits per heavy atom. The fourth-order valence-corrected chi connectivity index (χ4v) is 3.64. The predicted octanol–water partition coefficient (Wildman–Crippen LogP) is 5.25. The van der Waals surface area contributed by atoms with Gasteiger partial charge < -0.3 is 24.3 Å². The van der Waals surface area contributed by atoms with Crippen molar-refractivity contribution in [2.75, 3.05) is 39.9 Å². The van der Waals surface area contributed by atoms with Crippen molar-refractivity contribution >= 4 is 11.6 Å². The fourth-order valence-electron chi connectivity index (χ4n) is 3.64. The van der Waals surface area contributed by atoms with Crippen LogP contribution in [0.5, 0.6) is 17.5 Å².